The van der Waals surface area contributed by atoms with Crippen molar-refractivity contribution in [2.45, 2.75) is 31.9 Å². The highest BCUT2D eigenvalue weighted by Gasteiger charge is 2.50. The van der Waals surface area contributed by atoms with Crippen LogP contribution in [0.5, 0.6) is 0 Å². The van der Waals surface area contributed by atoms with Gasteiger partial charge in [0.25, 0.3) is 5.91 Å². The summed E-state index contributed by atoms with van der Waals surface area (Å²) >= 11 is 0. The molecule has 1 saturated heterocycles. The number of nitrogens with one attached hydrogen (secondary N) is 2. The third-order valence-corrected chi connectivity index (χ3v) is 5.31. The molecule has 2 aliphatic rings. The van der Waals surface area contributed by atoms with Crippen LogP contribution in [-0.4, -0.2) is 47.7 Å². The van der Waals surface area contributed by atoms with Crippen LogP contribution >= 0.6 is 0 Å². The van der Waals surface area contributed by atoms with Crippen molar-refractivity contribution in [2.75, 3.05) is 7.05 Å². The van der Waals surface area contributed by atoms with Crippen LogP contribution in [0.15, 0.2) is 42.5 Å². The molecule has 0 radical (unpaired) electrons. The van der Waals surface area contributed by atoms with Crippen molar-refractivity contribution in [3.8, 4) is 0 Å². The minimum absolute atomic E-state index is 0.344. The Labute approximate surface area is 173 Å². The van der Waals surface area contributed by atoms with Crippen LogP contribution in [0, 0.1) is 11.8 Å². The number of fused-ring (bicyclic) bond motifs is 1. The number of allylic oxidation sites excluding steroid dienone is 2. The summed E-state index contributed by atoms with van der Waals surface area (Å²) in [5, 5.41) is 4.33. The molecule has 2 N–H and O–H groups in total. The highest BCUT2D eigenvalue weighted by Crippen LogP contribution is 2.36. The Morgan fingerprint density at radius 2 is 1.60 bits per heavy atom. The summed E-state index contributed by atoms with van der Waals surface area (Å²) in [4.78, 5) is 63.2. The number of esters is 1. The largest absolute Gasteiger partial charge is 0.446 e. The number of likely N-dealkylation sites (tertiary alicyclic amines) is 1. The molecule has 158 valence electrons. The predicted octanol–water partition coefficient (Wildman–Crippen LogP) is 1.07. The molecule has 0 spiro atoms. The van der Waals surface area contributed by atoms with E-state index in [9.17, 15) is 24.0 Å². The van der Waals surface area contributed by atoms with E-state index in [1.165, 1.54) is 14.0 Å². The molecule has 1 fully saturated rings. The molecule has 1 aliphatic carbocycles. The van der Waals surface area contributed by atoms with Crippen LogP contribution in [0.3, 0.4) is 0 Å². The molecule has 0 bridgehead atoms. The smallest absolute Gasteiger partial charge is 0.330 e. The quantitative estimate of drug-likeness (QED) is 0.423. The molecular formula is C21H23N3O6. The first-order chi connectivity index (χ1) is 14.3. The average Bonchev–Trinajstić information content (AvgIpc) is 3.02. The number of imide groups is 2. The fraction of sp³-hybridized carbons (Fsp3) is 0.381. The number of carbonyl (C=O) groups is 5. The molecule has 30 heavy (non-hydrogen) atoms. The van der Waals surface area contributed by atoms with Gasteiger partial charge in [0.15, 0.2) is 0 Å². The lowest BCUT2D eigenvalue weighted by molar-refractivity contribution is -0.165. The summed E-state index contributed by atoms with van der Waals surface area (Å²) in [5.74, 6) is -3.53. The number of carbonyl (C=O) groups excluding carboxylic acids is 5. The van der Waals surface area contributed by atoms with Crippen LogP contribution in [0.2, 0.25) is 0 Å². The van der Waals surface area contributed by atoms with Crippen molar-refractivity contribution in [1.82, 2.24) is 15.5 Å². The number of rotatable bonds is 5. The van der Waals surface area contributed by atoms with Crippen LogP contribution in [0.1, 0.15) is 31.4 Å². The van der Waals surface area contributed by atoms with Gasteiger partial charge in [0.05, 0.1) is 11.8 Å². The van der Waals surface area contributed by atoms with Gasteiger partial charge in [-0.2, -0.15) is 0 Å². The van der Waals surface area contributed by atoms with Crippen molar-refractivity contribution in [3.63, 3.8) is 0 Å². The van der Waals surface area contributed by atoms with Crippen molar-refractivity contribution in [2.24, 2.45) is 11.8 Å². The Bertz CT molecular complexity index is 871. The van der Waals surface area contributed by atoms with Gasteiger partial charge in [-0.15, -0.1) is 0 Å². The number of nitrogens with zero attached hydrogens (tertiary/aromatic N) is 1. The summed E-state index contributed by atoms with van der Waals surface area (Å²) in [5.41, 5.74) is 0.344. The van der Waals surface area contributed by atoms with Crippen molar-refractivity contribution < 1.29 is 28.7 Å². The normalized spacial score (nSPS) is 22.1. The molecule has 9 heteroatoms. The van der Waals surface area contributed by atoms with E-state index in [2.05, 4.69) is 10.6 Å². The molecular weight excluding hydrogens is 390 g/mol. The summed E-state index contributed by atoms with van der Waals surface area (Å²) < 4.78 is 5.38. The van der Waals surface area contributed by atoms with Crippen molar-refractivity contribution >= 4 is 29.7 Å². The molecule has 1 heterocycles. The second kappa shape index (κ2) is 8.89. The van der Waals surface area contributed by atoms with Crippen LogP contribution in [-0.2, 0) is 23.9 Å². The van der Waals surface area contributed by atoms with Gasteiger partial charge in [0.1, 0.15) is 6.04 Å². The second-order valence-electron chi connectivity index (χ2n) is 7.17. The zero-order valence-corrected chi connectivity index (χ0v) is 16.7. The summed E-state index contributed by atoms with van der Waals surface area (Å²) in [6.07, 6.45) is 3.19. The fourth-order valence-electron chi connectivity index (χ4n) is 3.67. The maximum absolute atomic E-state index is 12.8. The van der Waals surface area contributed by atoms with E-state index in [0.29, 0.717) is 18.4 Å². The number of hydrogen-bond donors (Lipinski definition) is 2. The van der Waals surface area contributed by atoms with Gasteiger partial charge in [0.2, 0.25) is 17.9 Å². The molecule has 1 aromatic carbocycles. The van der Waals surface area contributed by atoms with Crippen LogP contribution in [0.25, 0.3) is 0 Å². The number of urea groups is 1. The lowest BCUT2D eigenvalue weighted by atomic mass is 9.85. The van der Waals surface area contributed by atoms with E-state index in [1.807, 2.05) is 12.2 Å². The Morgan fingerprint density at radius 3 is 2.13 bits per heavy atom. The molecule has 0 unspecified atom stereocenters. The molecule has 5 amide bonds. The lowest BCUT2D eigenvalue weighted by Gasteiger charge is -2.24. The maximum Gasteiger partial charge on any atom is 0.330 e. The third kappa shape index (κ3) is 4.10. The van der Waals surface area contributed by atoms with E-state index in [4.69, 9.17) is 4.74 Å². The number of ether oxygens (including phenoxy) is 1. The minimum atomic E-state index is -1.42. The predicted molar refractivity (Wildman–Crippen MR) is 105 cm³/mol. The Hall–Kier alpha value is -3.49. The van der Waals surface area contributed by atoms with E-state index >= 15 is 0 Å². The molecule has 4 atom stereocenters. The van der Waals surface area contributed by atoms with Crippen molar-refractivity contribution in [3.05, 3.63) is 48.0 Å². The average molecular weight is 413 g/mol. The zero-order chi connectivity index (χ0) is 21.8. The van der Waals surface area contributed by atoms with E-state index < -0.39 is 53.7 Å². The first-order valence-electron chi connectivity index (χ1n) is 9.65. The fourth-order valence-corrected chi connectivity index (χ4v) is 3.67. The Balaban J connectivity index is 1.78. The highest BCUT2D eigenvalue weighted by molar-refractivity contribution is 6.08. The molecule has 9 nitrogen and oxygen atoms in total. The summed E-state index contributed by atoms with van der Waals surface area (Å²) in [6.45, 7) is 1.39. The van der Waals surface area contributed by atoms with Gasteiger partial charge in [-0.05, 0) is 19.8 Å². The van der Waals surface area contributed by atoms with Gasteiger partial charge < -0.3 is 10.1 Å². The highest BCUT2D eigenvalue weighted by atomic mass is 16.6. The third-order valence-electron chi connectivity index (χ3n) is 5.31. The minimum Gasteiger partial charge on any atom is -0.446 e. The summed E-state index contributed by atoms with van der Waals surface area (Å²) in [6, 6.07) is 6.20. The topological polar surface area (TPSA) is 122 Å². The number of amides is 5. The van der Waals surface area contributed by atoms with Crippen LogP contribution in [0.4, 0.5) is 4.79 Å². The number of hydrogen-bond acceptors (Lipinski definition) is 6. The summed E-state index contributed by atoms with van der Waals surface area (Å²) in [7, 11) is 1.34. The van der Waals surface area contributed by atoms with E-state index in [-0.39, 0.29) is 0 Å². The molecule has 3 rings (SSSR count). The van der Waals surface area contributed by atoms with Gasteiger partial charge >= 0.3 is 12.0 Å². The standard InChI is InChI=1S/C21H23N3O6/c1-12(24-18(26)14-10-6-7-11-15(14)19(24)27)20(28)30-16(13-8-4-3-5-9-13)17(25)23-21(29)22-2/h3-9,12,14-16H,10-11H2,1-2H3,(H2,22,23,25,29)/t12-,14-,15-,16+/m0/s1. The van der Waals surface area contributed by atoms with Gasteiger partial charge in [0, 0.05) is 12.6 Å². The van der Waals surface area contributed by atoms with Crippen molar-refractivity contribution in [1.29, 1.82) is 0 Å². The Morgan fingerprint density at radius 1 is 1.03 bits per heavy atom. The van der Waals surface area contributed by atoms with Gasteiger partial charge in [-0.1, -0.05) is 42.5 Å². The van der Waals surface area contributed by atoms with E-state index in [1.54, 1.807) is 30.3 Å². The first-order valence-corrected chi connectivity index (χ1v) is 9.65. The van der Waals surface area contributed by atoms with E-state index in [0.717, 1.165) is 4.90 Å². The van der Waals surface area contributed by atoms with Gasteiger partial charge in [-0.25, -0.2) is 9.59 Å². The molecule has 0 aromatic heterocycles. The second-order valence-corrected chi connectivity index (χ2v) is 7.17. The first kappa shape index (κ1) is 21.2. The Kier molecular flexibility index (Phi) is 6.29. The number of benzene rings is 1. The lowest BCUT2D eigenvalue weighted by Crippen LogP contribution is -2.46. The monoisotopic (exact) mass is 413 g/mol. The zero-order valence-electron chi connectivity index (χ0n) is 16.7. The molecule has 1 aromatic rings. The van der Waals surface area contributed by atoms with Crippen LogP contribution < -0.4 is 10.6 Å². The molecule has 1 aliphatic heterocycles. The molecule has 0 saturated carbocycles. The SMILES string of the molecule is CNC(=O)NC(=O)[C@H](OC(=O)[C@H](C)N1C(=O)[C@H]2CC=CC[C@@H]2C1=O)c1ccccc1. The van der Waals surface area contributed by atoms with Gasteiger partial charge in [-0.3, -0.25) is 24.6 Å². The maximum atomic E-state index is 12.8.